The molecule has 0 N–H and O–H groups in total. The van der Waals surface area contributed by atoms with Crippen LogP contribution in [0.15, 0.2) is 25.3 Å². The van der Waals surface area contributed by atoms with Gasteiger partial charge in [-0.15, -0.1) is 10.2 Å². The Morgan fingerprint density at radius 3 is 2.06 bits per heavy atom. The molecule has 6 nitrogen and oxygen atoms in total. The Morgan fingerprint density at radius 1 is 0.889 bits per heavy atom. The van der Waals surface area contributed by atoms with Crippen molar-refractivity contribution < 1.29 is 17.6 Å². The molecule has 2 aromatic rings. The van der Waals surface area contributed by atoms with Crippen LogP contribution in [0.5, 0.6) is 0 Å². The molecule has 0 atom stereocenters. The minimum absolute atomic E-state index is 0.604. The van der Waals surface area contributed by atoms with Crippen molar-refractivity contribution in [1.82, 2.24) is 29.5 Å². The van der Waals surface area contributed by atoms with E-state index in [1.54, 1.807) is 0 Å². The van der Waals surface area contributed by atoms with Gasteiger partial charge in [-0.25, -0.2) is 9.67 Å². The molecule has 3 rings (SSSR count). The normalized spacial score (nSPS) is 20.9. The Kier molecular flexibility index (Phi) is 1.90. The zero-order chi connectivity index (χ0) is 13.0. The van der Waals surface area contributed by atoms with Gasteiger partial charge in [0, 0.05) is 0 Å². The molecule has 0 spiro atoms. The van der Waals surface area contributed by atoms with Crippen molar-refractivity contribution in [2.24, 2.45) is 0 Å². The Balaban J connectivity index is 2.25. The molecule has 18 heavy (non-hydrogen) atoms. The summed E-state index contributed by atoms with van der Waals surface area (Å²) in [7, 11) is 0. The highest BCUT2D eigenvalue weighted by Crippen LogP contribution is 2.58. The number of allylic oxidation sites excluding steroid dienone is 2. The van der Waals surface area contributed by atoms with Crippen LogP contribution in [-0.2, 0) is 0 Å². The molecule has 94 valence electrons. The van der Waals surface area contributed by atoms with Crippen molar-refractivity contribution in [2.45, 2.75) is 11.8 Å². The van der Waals surface area contributed by atoms with Crippen LogP contribution in [0.2, 0.25) is 0 Å². The van der Waals surface area contributed by atoms with Gasteiger partial charge in [-0.05, 0) is 0 Å². The minimum atomic E-state index is -4.32. The average molecular weight is 260 g/mol. The van der Waals surface area contributed by atoms with Crippen LogP contribution in [0.1, 0.15) is 0 Å². The van der Waals surface area contributed by atoms with Crippen LogP contribution >= 0.6 is 0 Å². The van der Waals surface area contributed by atoms with Gasteiger partial charge >= 0.3 is 11.8 Å². The predicted octanol–water partition coefficient (Wildman–Crippen LogP) is 0.980. The van der Waals surface area contributed by atoms with Gasteiger partial charge in [0.05, 0.1) is 0 Å². The summed E-state index contributed by atoms with van der Waals surface area (Å²) < 4.78 is 55.1. The van der Waals surface area contributed by atoms with Gasteiger partial charge in [-0.2, -0.15) is 22.7 Å². The highest BCUT2D eigenvalue weighted by atomic mass is 19.3. The smallest absolute Gasteiger partial charge is 0.284 e. The Labute approximate surface area is 96.6 Å². The number of rotatable bonds is 2. The van der Waals surface area contributed by atoms with Crippen LogP contribution in [0.4, 0.5) is 17.6 Å². The highest BCUT2D eigenvalue weighted by Gasteiger charge is 2.73. The van der Waals surface area contributed by atoms with Gasteiger partial charge in [-0.3, -0.25) is 4.57 Å². The van der Waals surface area contributed by atoms with Gasteiger partial charge in [0.2, 0.25) is 0 Å². The van der Waals surface area contributed by atoms with Crippen molar-refractivity contribution in [2.75, 3.05) is 0 Å². The van der Waals surface area contributed by atoms with Crippen molar-refractivity contribution in [1.29, 1.82) is 0 Å². The van der Waals surface area contributed by atoms with E-state index in [1.165, 1.54) is 0 Å². The topological polar surface area (TPSA) is 61.4 Å². The summed E-state index contributed by atoms with van der Waals surface area (Å²) in [5.74, 6) is -8.63. The second-order valence-corrected chi connectivity index (χ2v) is 3.56. The fourth-order valence-electron chi connectivity index (χ4n) is 1.71. The van der Waals surface area contributed by atoms with E-state index in [9.17, 15) is 17.6 Å². The number of hydrogen-bond acceptors (Lipinski definition) is 4. The van der Waals surface area contributed by atoms with E-state index in [4.69, 9.17) is 0 Å². The summed E-state index contributed by atoms with van der Waals surface area (Å²) in [4.78, 5) is 3.45. The average Bonchev–Trinajstić information content (AvgIpc) is 2.97. The maximum Gasteiger partial charge on any atom is 0.359 e. The van der Waals surface area contributed by atoms with E-state index in [2.05, 4.69) is 20.3 Å². The van der Waals surface area contributed by atoms with E-state index >= 15 is 0 Å². The quantitative estimate of drug-likeness (QED) is 0.755. The first-order chi connectivity index (χ1) is 8.46. The van der Waals surface area contributed by atoms with E-state index in [0.717, 1.165) is 29.9 Å². The second-order valence-electron chi connectivity index (χ2n) is 3.56. The summed E-state index contributed by atoms with van der Waals surface area (Å²) in [5, 5.41) is 10.1. The molecule has 0 unspecified atom stereocenters. The number of alkyl halides is 4. The van der Waals surface area contributed by atoms with Crippen LogP contribution < -0.4 is 0 Å². The van der Waals surface area contributed by atoms with Crippen molar-refractivity contribution in [3.63, 3.8) is 0 Å². The fourth-order valence-corrected chi connectivity index (χ4v) is 1.71. The summed E-state index contributed by atoms with van der Waals surface area (Å²) in [6.07, 6.45) is 3.72. The number of nitrogens with zero attached hydrogens (tertiary/aromatic N) is 6. The monoisotopic (exact) mass is 260 g/mol. The van der Waals surface area contributed by atoms with Gasteiger partial charge in [0.1, 0.15) is 36.7 Å². The van der Waals surface area contributed by atoms with E-state index < -0.39 is 23.2 Å². The summed E-state index contributed by atoms with van der Waals surface area (Å²) in [5.41, 5.74) is -1.85. The standard InChI is InChI=1S/C8H4F4N6/c9-7(10)5(17-3-14-15-4-17)6(8(7,11)12)18-2-13-1-16-18/h1-4H. The maximum absolute atomic E-state index is 13.4. The van der Waals surface area contributed by atoms with Gasteiger partial charge in [-0.1, -0.05) is 0 Å². The molecule has 2 aromatic heterocycles. The molecule has 0 fully saturated rings. The van der Waals surface area contributed by atoms with E-state index in [0.29, 0.717) is 4.68 Å². The SMILES string of the molecule is FC1(F)C(n2cnnc2)=C(n2cncn2)C1(F)F. The lowest BCUT2D eigenvalue weighted by atomic mass is 9.90. The molecule has 0 amide bonds. The maximum atomic E-state index is 13.4. The third-order valence-electron chi connectivity index (χ3n) is 2.54. The highest BCUT2D eigenvalue weighted by molar-refractivity contribution is 5.90. The van der Waals surface area contributed by atoms with Crippen molar-refractivity contribution in [3.8, 4) is 0 Å². The van der Waals surface area contributed by atoms with Crippen molar-refractivity contribution >= 4 is 11.4 Å². The lowest BCUT2D eigenvalue weighted by molar-refractivity contribution is -0.157. The third-order valence-corrected chi connectivity index (χ3v) is 2.54. The van der Waals surface area contributed by atoms with Crippen LogP contribution in [0.3, 0.4) is 0 Å². The Bertz CT molecular complexity index is 545. The molecule has 0 aliphatic heterocycles. The van der Waals surface area contributed by atoms with Gasteiger partial charge in [0.25, 0.3) is 0 Å². The first-order valence-corrected chi connectivity index (χ1v) is 4.67. The van der Waals surface area contributed by atoms with E-state index in [-0.39, 0.29) is 0 Å². The lowest BCUT2D eigenvalue weighted by Crippen LogP contribution is -2.54. The molecule has 10 heteroatoms. The predicted molar refractivity (Wildman–Crippen MR) is 49.3 cm³/mol. The fraction of sp³-hybridized carbons (Fsp3) is 0.250. The van der Waals surface area contributed by atoms with Crippen molar-refractivity contribution in [3.05, 3.63) is 25.3 Å². The molecule has 0 aromatic carbocycles. The second kappa shape index (κ2) is 3.15. The number of aromatic nitrogens is 6. The summed E-state index contributed by atoms with van der Waals surface area (Å²) in [6.45, 7) is 0. The Morgan fingerprint density at radius 2 is 1.50 bits per heavy atom. The molecule has 1 aliphatic rings. The molecule has 2 heterocycles. The third kappa shape index (κ3) is 1.11. The molecular formula is C8H4F4N6. The van der Waals surface area contributed by atoms with Gasteiger partial charge in [0.15, 0.2) is 0 Å². The molecule has 0 bridgehead atoms. The molecule has 0 radical (unpaired) electrons. The van der Waals surface area contributed by atoms with Crippen LogP contribution in [0, 0.1) is 0 Å². The minimum Gasteiger partial charge on any atom is -0.284 e. The molecule has 1 aliphatic carbocycles. The number of hydrogen-bond donors (Lipinski definition) is 0. The zero-order valence-electron chi connectivity index (χ0n) is 8.50. The first kappa shape index (κ1) is 10.9. The Hall–Kier alpha value is -2.26. The van der Waals surface area contributed by atoms with Gasteiger partial charge < -0.3 is 0 Å². The van der Waals surface area contributed by atoms with Crippen LogP contribution in [-0.4, -0.2) is 41.4 Å². The first-order valence-electron chi connectivity index (χ1n) is 4.67. The lowest BCUT2D eigenvalue weighted by Gasteiger charge is -2.39. The zero-order valence-corrected chi connectivity index (χ0v) is 8.50. The molecular weight excluding hydrogens is 256 g/mol. The number of halogens is 4. The summed E-state index contributed by atoms with van der Waals surface area (Å²) in [6, 6.07) is 0. The van der Waals surface area contributed by atoms with E-state index in [1.807, 2.05) is 0 Å². The van der Waals surface area contributed by atoms with Crippen LogP contribution in [0.25, 0.3) is 11.4 Å². The largest absolute Gasteiger partial charge is 0.359 e. The molecule has 0 saturated carbocycles. The summed E-state index contributed by atoms with van der Waals surface area (Å²) >= 11 is 0. The molecule has 0 saturated heterocycles.